The first kappa shape index (κ1) is 14.8. The molecule has 3 heterocycles. The molecule has 0 radical (unpaired) electrons. The van der Waals surface area contributed by atoms with Crippen molar-refractivity contribution in [1.82, 2.24) is 15.0 Å². The van der Waals surface area contributed by atoms with Crippen molar-refractivity contribution in [3.63, 3.8) is 0 Å². The molecule has 0 aliphatic carbocycles. The minimum absolute atomic E-state index is 0.530. The van der Waals surface area contributed by atoms with Gasteiger partial charge in [0.2, 0.25) is 5.95 Å². The van der Waals surface area contributed by atoms with Gasteiger partial charge in [0.05, 0.1) is 26.0 Å². The molecule has 1 saturated heterocycles. The van der Waals surface area contributed by atoms with Crippen molar-refractivity contribution in [1.29, 1.82) is 0 Å². The lowest BCUT2D eigenvalue weighted by molar-refractivity contribution is 0.122. The molecular weight excluding hydrogens is 306 g/mol. The average molecular weight is 325 g/mol. The zero-order valence-corrected chi connectivity index (χ0v) is 13.5. The number of benzene rings is 1. The summed E-state index contributed by atoms with van der Waals surface area (Å²) < 4.78 is 10.9. The van der Waals surface area contributed by atoms with E-state index in [0.717, 1.165) is 54.5 Å². The van der Waals surface area contributed by atoms with E-state index in [1.54, 1.807) is 13.3 Å². The number of ether oxygens (including phenoxy) is 2. The van der Waals surface area contributed by atoms with Crippen LogP contribution in [0.5, 0.6) is 5.75 Å². The maximum atomic E-state index is 5.54. The molecule has 1 aliphatic rings. The molecule has 2 aromatic heterocycles. The van der Waals surface area contributed by atoms with Crippen LogP contribution in [0.3, 0.4) is 0 Å². The van der Waals surface area contributed by atoms with Crippen molar-refractivity contribution in [3.8, 4) is 5.75 Å². The topological polar surface area (TPSA) is 75.3 Å². The van der Waals surface area contributed by atoms with E-state index < -0.39 is 0 Å². The number of nitrogens with zero attached hydrogens (tertiary/aromatic N) is 3. The fourth-order valence-corrected chi connectivity index (χ4v) is 2.82. The number of rotatable bonds is 4. The van der Waals surface area contributed by atoms with Gasteiger partial charge in [-0.05, 0) is 18.2 Å². The molecule has 3 aromatic rings. The quantitative estimate of drug-likeness (QED) is 0.768. The Hall–Kier alpha value is -2.80. The molecule has 1 fully saturated rings. The standard InChI is InChI=1S/C17H19N5O2/c1-23-15-10-13(22-6-8-24-9-7-22)2-3-14(15)20-17-19-11-12-4-5-18-16(12)21-17/h2-5,10-11H,6-9H2,1H3,(H2,18,19,20,21). The van der Waals surface area contributed by atoms with Crippen molar-refractivity contribution in [2.75, 3.05) is 43.6 Å². The van der Waals surface area contributed by atoms with E-state index in [9.17, 15) is 0 Å². The molecule has 1 aromatic carbocycles. The van der Waals surface area contributed by atoms with Crippen LogP contribution in [0.1, 0.15) is 0 Å². The highest BCUT2D eigenvalue weighted by molar-refractivity contribution is 5.76. The van der Waals surface area contributed by atoms with Crippen molar-refractivity contribution >= 4 is 28.4 Å². The summed E-state index contributed by atoms with van der Waals surface area (Å²) in [5.74, 6) is 1.29. The first-order valence-corrected chi connectivity index (χ1v) is 7.91. The minimum Gasteiger partial charge on any atom is -0.494 e. The SMILES string of the molecule is COc1cc(N2CCOCC2)ccc1Nc1ncc2cc[nH]c2n1. The van der Waals surface area contributed by atoms with Gasteiger partial charge < -0.3 is 24.7 Å². The molecule has 0 spiro atoms. The van der Waals surface area contributed by atoms with E-state index in [1.165, 1.54) is 0 Å². The van der Waals surface area contributed by atoms with Gasteiger partial charge in [-0.25, -0.2) is 4.98 Å². The molecule has 0 atom stereocenters. The van der Waals surface area contributed by atoms with Crippen molar-refractivity contribution in [2.24, 2.45) is 0 Å². The zero-order valence-electron chi connectivity index (χ0n) is 13.5. The molecule has 24 heavy (non-hydrogen) atoms. The number of fused-ring (bicyclic) bond motifs is 1. The third-order valence-electron chi connectivity index (χ3n) is 4.11. The van der Waals surface area contributed by atoms with Gasteiger partial charge in [-0.2, -0.15) is 4.98 Å². The maximum absolute atomic E-state index is 5.54. The molecule has 124 valence electrons. The van der Waals surface area contributed by atoms with Gasteiger partial charge in [-0.1, -0.05) is 0 Å². The summed E-state index contributed by atoms with van der Waals surface area (Å²) in [4.78, 5) is 14.2. The molecule has 0 amide bonds. The normalized spacial score (nSPS) is 14.8. The number of methoxy groups -OCH3 is 1. The summed E-state index contributed by atoms with van der Waals surface area (Å²) in [7, 11) is 1.67. The van der Waals surface area contributed by atoms with Crippen molar-refractivity contribution in [3.05, 3.63) is 36.7 Å². The summed E-state index contributed by atoms with van der Waals surface area (Å²) in [6, 6.07) is 8.03. The summed E-state index contributed by atoms with van der Waals surface area (Å²) in [6.45, 7) is 3.30. The molecule has 0 unspecified atom stereocenters. The van der Waals surface area contributed by atoms with Crippen LogP contribution in [-0.2, 0) is 4.74 Å². The Labute approximate surface area is 139 Å². The van der Waals surface area contributed by atoms with Crippen molar-refractivity contribution < 1.29 is 9.47 Å². The Morgan fingerprint density at radius 1 is 1.25 bits per heavy atom. The second-order valence-electron chi connectivity index (χ2n) is 5.58. The molecular formula is C17H19N5O2. The lowest BCUT2D eigenvalue weighted by Gasteiger charge is -2.29. The van der Waals surface area contributed by atoms with Crippen LogP contribution < -0.4 is 15.0 Å². The van der Waals surface area contributed by atoms with E-state index in [1.807, 2.05) is 24.4 Å². The summed E-state index contributed by atoms with van der Waals surface area (Å²) in [5.41, 5.74) is 2.76. The van der Waals surface area contributed by atoms with E-state index in [2.05, 4.69) is 31.2 Å². The molecule has 4 rings (SSSR count). The number of aromatic amines is 1. The van der Waals surface area contributed by atoms with E-state index in [4.69, 9.17) is 9.47 Å². The Kier molecular flexibility index (Phi) is 3.92. The van der Waals surface area contributed by atoms with Gasteiger partial charge in [0.25, 0.3) is 0 Å². The lowest BCUT2D eigenvalue weighted by atomic mass is 10.2. The Morgan fingerprint density at radius 2 is 2.12 bits per heavy atom. The van der Waals surface area contributed by atoms with Gasteiger partial charge in [0.1, 0.15) is 11.4 Å². The Balaban J connectivity index is 1.59. The molecule has 2 N–H and O–H groups in total. The van der Waals surface area contributed by atoms with Gasteiger partial charge >= 0.3 is 0 Å². The average Bonchev–Trinajstić information content (AvgIpc) is 3.10. The number of aromatic nitrogens is 3. The first-order valence-electron chi connectivity index (χ1n) is 7.91. The molecule has 7 heteroatoms. The van der Waals surface area contributed by atoms with Gasteiger partial charge in [-0.15, -0.1) is 0 Å². The van der Waals surface area contributed by atoms with Gasteiger partial charge in [0.15, 0.2) is 0 Å². The largest absolute Gasteiger partial charge is 0.494 e. The molecule has 0 bridgehead atoms. The monoisotopic (exact) mass is 325 g/mol. The third kappa shape index (κ3) is 2.85. The number of morpholine rings is 1. The van der Waals surface area contributed by atoms with Crippen LogP contribution in [-0.4, -0.2) is 48.4 Å². The summed E-state index contributed by atoms with van der Waals surface area (Å²) in [5, 5.41) is 4.21. The Morgan fingerprint density at radius 3 is 2.96 bits per heavy atom. The number of nitrogens with one attached hydrogen (secondary N) is 2. The molecule has 7 nitrogen and oxygen atoms in total. The maximum Gasteiger partial charge on any atom is 0.229 e. The Bertz CT molecular complexity index is 842. The van der Waals surface area contributed by atoms with E-state index in [0.29, 0.717) is 5.95 Å². The van der Waals surface area contributed by atoms with Crippen LogP contribution in [0.15, 0.2) is 36.7 Å². The number of H-pyrrole nitrogens is 1. The third-order valence-corrected chi connectivity index (χ3v) is 4.11. The second kappa shape index (κ2) is 6.37. The fraction of sp³-hybridized carbons (Fsp3) is 0.294. The number of hydrogen-bond acceptors (Lipinski definition) is 6. The predicted octanol–water partition coefficient (Wildman–Crippen LogP) is 2.55. The zero-order chi connectivity index (χ0) is 16.4. The smallest absolute Gasteiger partial charge is 0.229 e. The minimum atomic E-state index is 0.530. The second-order valence-corrected chi connectivity index (χ2v) is 5.58. The van der Waals surface area contributed by atoms with Crippen LogP contribution in [0.2, 0.25) is 0 Å². The number of anilines is 3. The highest BCUT2D eigenvalue weighted by Gasteiger charge is 2.14. The van der Waals surface area contributed by atoms with E-state index >= 15 is 0 Å². The van der Waals surface area contributed by atoms with Gasteiger partial charge in [0, 0.05) is 42.6 Å². The summed E-state index contributed by atoms with van der Waals surface area (Å²) in [6.07, 6.45) is 3.64. The van der Waals surface area contributed by atoms with E-state index in [-0.39, 0.29) is 0 Å². The summed E-state index contributed by atoms with van der Waals surface area (Å²) >= 11 is 0. The number of hydrogen-bond donors (Lipinski definition) is 2. The van der Waals surface area contributed by atoms with Crippen molar-refractivity contribution in [2.45, 2.75) is 0 Å². The fourth-order valence-electron chi connectivity index (χ4n) is 2.82. The first-order chi connectivity index (χ1) is 11.8. The molecule has 0 saturated carbocycles. The highest BCUT2D eigenvalue weighted by atomic mass is 16.5. The van der Waals surface area contributed by atoms with Crippen LogP contribution in [0, 0.1) is 0 Å². The molecule has 1 aliphatic heterocycles. The van der Waals surface area contributed by atoms with Gasteiger partial charge in [-0.3, -0.25) is 0 Å². The van der Waals surface area contributed by atoms with Crippen LogP contribution in [0.25, 0.3) is 11.0 Å². The highest BCUT2D eigenvalue weighted by Crippen LogP contribution is 2.31. The van der Waals surface area contributed by atoms with Crippen LogP contribution >= 0.6 is 0 Å². The van der Waals surface area contributed by atoms with Crippen LogP contribution in [0.4, 0.5) is 17.3 Å². The lowest BCUT2D eigenvalue weighted by Crippen LogP contribution is -2.36. The predicted molar refractivity (Wildman–Crippen MR) is 93.2 cm³/mol.